The number of nitrogens with zero attached hydrogens (tertiary/aromatic N) is 3. The Morgan fingerprint density at radius 1 is 1.52 bits per heavy atom. The number of rotatable bonds is 6. The van der Waals surface area contributed by atoms with E-state index in [0.29, 0.717) is 24.9 Å². The zero-order valence-electron chi connectivity index (χ0n) is 13.2. The number of likely N-dealkylation sites (tertiary alicyclic amines) is 1. The first-order valence-corrected chi connectivity index (χ1v) is 7.32. The third-order valence-electron chi connectivity index (χ3n) is 3.96. The van der Waals surface area contributed by atoms with Crippen molar-refractivity contribution in [3.8, 4) is 0 Å². The Morgan fingerprint density at radius 3 is 2.86 bits per heavy atom. The molecule has 7 nitrogen and oxygen atoms in total. The number of methoxy groups -OCH3 is 1. The first-order valence-electron chi connectivity index (χ1n) is 7.32. The lowest BCUT2D eigenvalue weighted by atomic mass is 9.96. The van der Waals surface area contributed by atoms with Gasteiger partial charge in [0.2, 0.25) is 17.7 Å². The minimum Gasteiger partial charge on any atom is -0.424 e. The summed E-state index contributed by atoms with van der Waals surface area (Å²) in [6, 6.07) is 0. The van der Waals surface area contributed by atoms with Gasteiger partial charge in [-0.05, 0) is 19.4 Å². The van der Waals surface area contributed by atoms with E-state index in [9.17, 15) is 4.79 Å². The molecule has 2 rings (SSSR count). The van der Waals surface area contributed by atoms with E-state index in [-0.39, 0.29) is 11.8 Å². The van der Waals surface area contributed by atoms with Crippen molar-refractivity contribution < 1.29 is 13.9 Å². The first-order chi connectivity index (χ1) is 10.0. The average molecular weight is 296 g/mol. The third-order valence-corrected chi connectivity index (χ3v) is 3.96. The van der Waals surface area contributed by atoms with Crippen molar-refractivity contribution in [3.05, 3.63) is 11.8 Å². The highest BCUT2D eigenvalue weighted by molar-refractivity contribution is 5.86. The van der Waals surface area contributed by atoms with Gasteiger partial charge in [-0.3, -0.25) is 9.69 Å². The Labute approximate surface area is 125 Å². The molecule has 21 heavy (non-hydrogen) atoms. The lowest BCUT2D eigenvalue weighted by Gasteiger charge is -2.35. The summed E-state index contributed by atoms with van der Waals surface area (Å²) in [6.07, 6.45) is 1.72. The molecule has 0 bridgehead atoms. The summed E-state index contributed by atoms with van der Waals surface area (Å²) in [4.78, 5) is 14.4. The molecule has 1 aromatic heterocycles. The van der Waals surface area contributed by atoms with Gasteiger partial charge in [-0.2, -0.15) is 0 Å². The lowest BCUT2D eigenvalue weighted by molar-refractivity contribution is -0.135. The van der Waals surface area contributed by atoms with Crippen molar-refractivity contribution >= 4 is 5.91 Å². The van der Waals surface area contributed by atoms with Crippen LogP contribution in [0.15, 0.2) is 4.42 Å². The van der Waals surface area contributed by atoms with Crippen molar-refractivity contribution in [2.45, 2.75) is 44.7 Å². The Morgan fingerprint density at radius 2 is 2.29 bits per heavy atom. The number of hydrogen-bond acceptors (Lipinski definition) is 6. The van der Waals surface area contributed by atoms with Crippen LogP contribution in [0.5, 0.6) is 0 Å². The van der Waals surface area contributed by atoms with Crippen LogP contribution < -0.4 is 5.32 Å². The van der Waals surface area contributed by atoms with E-state index in [1.54, 1.807) is 14.2 Å². The van der Waals surface area contributed by atoms with E-state index in [1.165, 1.54) is 0 Å². The Balaban J connectivity index is 2.17. The van der Waals surface area contributed by atoms with Crippen molar-refractivity contribution in [2.75, 3.05) is 27.3 Å². The SMILES string of the molecule is CNC(=O)C1(COC)CCCN1Cc1nnc(C(C)C)o1. The van der Waals surface area contributed by atoms with Crippen LogP contribution in [0.3, 0.4) is 0 Å². The molecule has 2 heterocycles. The quantitative estimate of drug-likeness (QED) is 0.841. The summed E-state index contributed by atoms with van der Waals surface area (Å²) in [6.45, 7) is 5.66. The molecular weight excluding hydrogens is 272 g/mol. The maximum absolute atomic E-state index is 12.3. The van der Waals surface area contributed by atoms with Crippen LogP contribution in [0, 0.1) is 0 Å². The highest BCUT2D eigenvalue weighted by Gasteiger charge is 2.47. The highest BCUT2D eigenvalue weighted by atomic mass is 16.5. The van der Waals surface area contributed by atoms with E-state index in [0.717, 1.165) is 19.4 Å². The number of carbonyl (C=O) groups is 1. The molecule has 0 aliphatic carbocycles. The molecule has 1 aliphatic rings. The number of hydrogen-bond donors (Lipinski definition) is 1. The van der Waals surface area contributed by atoms with Crippen LogP contribution in [-0.4, -0.2) is 53.9 Å². The number of amides is 1. The number of likely N-dealkylation sites (N-methyl/N-ethyl adjacent to an activating group) is 1. The fourth-order valence-electron chi connectivity index (χ4n) is 2.85. The number of ether oxygens (including phenoxy) is 1. The zero-order chi connectivity index (χ0) is 15.5. The molecule has 1 amide bonds. The second kappa shape index (κ2) is 6.53. The minimum atomic E-state index is -0.643. The summed E-state index contributed by atoms with van der Waals surface area (Å²) in [7, 11) is 3.27. The van der Waals surface area contributed by atoms with Crippen LogP contribution in [-0.2, 0) is 16.1 Å². The molecule has 0 spiro atoms. The molecule has 1 atom stereocenters. The maximum atomic E-state index is 12.3. The van der Waals surface area contributed by atoms with E-state index in [2.05, 4.69) is 20.4 Å². The summed E-state index contributed by atoms with van der Waals surface area (Å²) in [5.41, 5.74) is -0.643. The molecule has 1 fully saturated rings. The number of nitrogens with one attached hydrogen (secondary N) is 1. The van der Waals surface area contributed by atoms with Crippen molar-refractivity contribution in [3.63, 3.8) is 0 Å². The van der Waals surface area contributed by atoms with Crippen LogP contribution in [0.4, 0.5) is 0 Å². The molecule has 1 aromatic rings. The predicted molar refractivity (Wildman–Crippen MR) is 76.7 cm³/mol. The maximum Gasteiger partial charge on any atom is 0.242 e. The van der Waals surface area contributed by atoms with Crippen molar-refractivity contribution in [2.24, 2.45) is 0 Å². The Bertz CT molecular complexity index is 488. The highest BCUT2D eigenvalue weighted by Crippen LogP contribution is 2.31. The van der Waals surface area contributed by atoms with Crippen LogP contribution in [0.25, 0.3) is 0 Å². The fraction of sp³-hybridized carbons (Fsp3) is 0.786. The summed E-state index contributed by atoms with van der Waals surface area (Å²) >= 11 is 0. The fourth-order valence-corrected chi connectivity index (χ4v) is 2.85. The summed E-state index contributed by atoms with van der Waals surface area (Å²) < 4.78 is 10.9. The Hall–Kier alpha value is -1.47. The van der Waals surface area contributed by atoms with Crippen molar-refractivity contribution in [1.82, 2.24) is 20.4 Å². The Kier molecular flexibility index (Phi) is 4.95. The number of aromatic nitrogens is 2. The smallest absolute Gasteiger partial charge is 0.242 e. The topological polar surface area (TPSA) is 80.5 Å². The molecule has 1 unspecified atom stereocenters. The standard InChI is InChI=1S/C14H24N4O3/c1-10(2)12-17-16-11(21-12)8-18-7-5-6-14(18,9-20-4)13(19)15-3/h10H,5-9H2,1-4H3,(H,15,19). The molecule has 0 aromatic carbocycles. The van der Waals surface area contributed by atoms with Crippen LogP contribution in [0.1, 0.15) is 44.4 Å². The van der Waals surface area contributed by atoms with Gasteiger partial charge in [0.25, 0.3) is 0 Å². The molecule has 0 saturated carbocycles. The normalized spacial score (nSPS) is 22.9. The van der Waals surface area contributed by atoms with E-state index in [1.807, 2.05) is 13.8 Å². The average Bonchev–Trinajstić information content (AvgIpc) is 3.07. The van der Waals surface area contributed by atoms with Gasteiger partial charge in [0, 0.05) is 20.1 Å². The van der Waals surface area contributed by atoms with E-state index >= 15 is 0 Å². The first kappa shape index (κ1) is 15.9. The molecule has 1 aliphatic heterocycles. The molecule has 1 N–H and O–H groups in total. The third kappa shape index (κ3) is 3.08. The van der Waals surface area contributed by atoms with Crippen LogP contribution >= 0.6 is 0 Å². The summed E-state index contributed by atoms with van der Waals surface area (Å²) in [5.74, 6) is 1.35. The largest absolute Gasteiger partial charge is 0.424 e. The predicted octanol–water partition coefficient (Wildman–Crippen LogP) is 0.920. The van der Waals surface area contributed by atoms with Gasteiger partial charge >= 0.3 is 0 Å². The zero-order valence-corrected chi connectivity index (χ0v) is 13.2. The number of carbonyl (C=O) groups excluding carboxylic acids is 1. The van der Waals surface area contributed by atoms with Gasteiger partial charge in [0.1, 0.15) is 5.54 Å². The van der Waals surface area contributed by atoms with Gasteiger partial charge in [-0.15, -0.1) is 10.2 Å². The second-order valence-corrected chi connectivity index (χ2v) is 5.76. The van der Waals surface area contributed by atoms with E-state index < -0.39 is 5.54 Å². The monoisotopic (exact) mass is 296 g/mol. The van der Waals surface area contributed by atoms with Crippen molar-refractivity contribution in [1.29, 1.82) is 0 Å². The van der Waals surface area contributed by atoms with Gasteiger partial charge in [-0.25, -0.2) is 0 Å². The van der Waals surface area contributed by atoms with Crippen LogP contribution in [0.2, 0.25) is 0 Å². The minimum absolute atomic E-state index is 0.0227. The molecule has 0 radical (unpaired) electrons. The molecular formula is C14H24N4O3. The van der Waals surface area contributed by atoms with E-state index in [4.69, 9.17) is 9.15 Å². The molecule has 1 saturated heterocycles. The van der Waals surface area contributed by atoms with Gasteiger partial charge in [0.15, 0.2) is 0 Å². The molecule has 7 heteroatoms. The van der Waals surface area contributed by atoms with Gasteiger partial charge in [0.05, 0.1) is 13.2 Å². The second-order valence-electron chi connectivity index (χ2n) is 5.76. The summed E-state index contributed by atoms with van der Waals surface area (Å²) in [5, 5.41) is 10.9. The molecule has 118 valence electrons. The lowest BCUT2D eigenvalue weighted by Crippen LogP contribution is -2.57. The van der Waals surface area contributed by atoms with Gasteiger partial charge < -0.3 is 14.5 Å². The van der Waals surface area contributed by atoms with Gasteiger partial charge in [-0.1, -0.05) is 13.8 Å².